The number of amides is 3. The van der Waals surface area contributed by atoms with E-state index in [4.69, 9.17) is 0 Å². The van der Waals surface area contributed by atoms with Crippen LogP contribution in [0.15, 0.2) is 53.4 Å². The lowest BCUT2D eigenvalue weighted by Crippen LogP contribution is -2.45. The van der Waals surface area contributed by atoms with Gasteiger partial charge in [0.15, 0.2) is 0 Å². The molecule has 1 aliphatic carbocycles. The first-order chi connectivity index (χ1) is 15.9. The average Bonchev–Trinajstić information content (AvgIpc) is 2.82. The van der Waals surface area contributed by atoms with Crippen molar-refractivity contribution >= 4 is 22.0 Å². The fourth-order valence-electron chi connectivity index (χ4n) is 4.61. The highest BCUT2D eigenvalue weighted by atomic mass is 32.2. The van der Waals surface area contributed by atoms with Crippen molar-refractivity contribution in [2.24, 2.45) is 0 Å². The molecule has 2 aromatic rings. The van der Waals surface area contributed by atoms with Gasteiger partial charge in [-0.25, -0.2) is 17.9 Å². The van der Waals surface area contributed by atoms with Crippen LogP contribution in [0.1, 0.15) is 55.2 Å². The SMILES string of the molecule is O=C(NC1CCCCC1)NS(=O)(=O)c1ccc2c(c1)CN(C(=O)CCc1ccccc1)CC2. The summed E-state index contributed by atoms with van der Waals surface area (Å²) in [6.45, 7) is 0.995. The number of hydrogen-bond donors (Lipinski definition) is 2. The fourth-order valence-corrected chi connectivity index (χ4v) is 5.58. The zero-order valence-corrected chi connectivity index (χ0v) is 19.6. The Morgan fingerprint density at radius 3 is 2.48 bits per heavy atom. The molecule has 2 N–H and O–H groups in total. The van der Waals surface area contributed by atoms with Crippen LogP contribution in [0.3, 0.4) is 0 Å². The van der Waals surface area contributed by atoms with Gasteiger partial charge in [-0.1, -0.05) is 55.7 Å². The van der Waals surface area contributed by atoms with Gasteiger partial charge >= 0.3 is 6.03 Å². The average molecular weight is 470 g/mol. The van der Waals surface area contributed by atoms with E-state index in [1.54, 1.807) is 17.0 Å². The van der Waals surface area contributed by atoms with Crippen LogP contribution >= 0.6 is 0 Å². The van der Waals surface area contributed by atoms with Gasteiger partial charge in [0.05, 0.1) is 4.90 Å². The minimum absolute atomic E-state index is 0.0212. The number of rotatable bonds is 6. The zero-order chi connectivity index (χ0) is 23.3. The summed E-state index contributed by atoms with van der Waals surface area (Å²) in [6.07, 6.45) is 6.77. The van der Waals surface area contributed by atoms with Crippen LogP contribution in [0.2, 0.25) is 0 Å². The third-order valence-corrected chi connectivity index (χ3v) is 7.82. The molecule has 0 saturated heterocycles. The Balaban J connectivity index is 1.38. The second-order valence-electron chi connectivity index (χ2n) is 8.90. The second-order valence-corrected chi connectivity index (χ2v) is 10.6. The fraction of sp³-hybridized carbons (Fsp3) is 0.440. The molecule has 4 rings (SSSR count). The number of fused-ring (bicyclic) bond motifs is 1. The minimum Gasteiger partial charge on any atom is -0.338 e. The van der Waals surface area contributed by atoms with Gasteiger partial charge in [0.1, 0.15) is 0 Å². The summed E-state index contributed by atoms with van der Waals surface area (Å²) in [5.41, 5.74) is 2.96. The van der Waals surface area contributed by atoms with E-state index in [0.717, 1.165) is 48.8 Å². The molecule has 0 aromatic heterocycles. The van der Waals surface area contributed by atoms with Crippen molar-refractivity contribution in [3.05, 3.63) is 65.2 Å². The number of hydrogen-bond acceptors (Lipinski definition) is 4. The van der Waals surface area contributed by atoms with Crippen LogP contribution in [0.25, 0.3) is 0 Å². The molecule has 0 bridgehead atoms. The summed E-state index contributed by atoms with van der Waals surface area (Å²) >= 11 is 0. The van der Waals surface area contributed by atoms with Gasteiger partial charge in [0.2, 0.25) is 5.91 Å². The van der Waals surface area contributed by atoms with Gasteiger partial charge in [-0.05, 0) is 54.5 Å². The van der Waals surface area contributed by atoms with Gasteiger partial charge in [0, 0.05) is 25.6 Å². The maximum absolute atomic E-state index is 12.8. The topological polar surface area (TPSA) is 95.6 Å². The summed E-state index contributed by atoms with van der Waals surface area (Å²) in [6, 6.07) is 14.1. The highest BCUT2D eigenvalue weighted by Crippen LogP contribution is 2.23. The lowest BCUT2D eigenvalue weighted by molar-refractivity contribution is -0.132. The molecule has 0 atom stereocenters. The number of aryl methyl sites for hydroxylation is 1. The number of carbonyl (C=O) groups is 2. The first-order valence-corrected chi connectivity index (χ1v) is 13.2. The van der Waals surface area contributed by atoms with Crippen LogP contribution < -0.4 is 10.0 Å². The molecule has 1 heterocycles. The number of nitrogens with zero attached hydrogens (tertiary/aromatic N) is 1. The molecule has 0 radical (unpaired) electrons. The highest BCUT2D eigenvalue weighted by molar-refractivity contribution is 7.90. The molecule has 0 spiro atoms. The number of sulfonamides is 1. The number of nitrogens with one attached hydrogen (secondary N) is 2. The Morgan fingerprint density at radius 2 is 1.73 bits per heavy atom. The Morgan fingerprint density at radius 1 is 0.970 bits per heavy atom. The Kier molecular flexibility index (Phi) is 7.33. The lowest BCUT2D eigenvalue weighted by atomic mass is 9.96. The summed E-state index contributed by atoms with van der Waals surface area (Å²) in [5, 5.41) is 2.77. The summed E-state index contributed by atoms with van der Waals surface area (Å²) in [7, 11) is -3.99. The smallest absolute Gasteiger partial charge is 0.328 e. The first-order valence-electron chi connectivity index (χ1n) is 11.7. The molecule has 0 unspecified atom stereocenters. The normalized spacial score (nSPS) is 16.7. The molecule has 33 heavy (non-hydrogen) atoms. The molecule has 3 amide bonds. The second kappa shape index (κ2) is 10.4. The van der Waals surface area contributed by atoms with Crippen LogP contribution in [0.5, 0.6) is 0 Å². The molecule has 1 fully saturated rings. The number of benzene rings is 2. The first kappa shape index (κ1) is 23.3. The molecular weight excluding hydrogens is 438 g/mol. The zero-order valence-electron chi connectivity index (χ0n) is 18.8. The van der Waals surface area contributed by atoms with E-state index < -0.39 is 16.1 Å². The van der Waals surface area contributed by atoms with Gasteiger partial charge in [0.25, 0.3) is 10.0 Å². The molecule has 8 heteroatoms. The monoisotopic (exact) mass is 469 g/mol. The summed E-state index contributed by atoms with van der Waals surface area (Å²) in [4.78, 5) is 26.8. The Bertz CT molecular complexity index is 1100. The van der Waals surface area contributed by atoms with E-state index in [0.29, 0.717) is 32.4 Å². The van der Waals surface area contributed by atoms with E-state index in [1.807, 2.05) is 30.3 Å². The van der Waals surface area contributed by atoms with E-state index >= 15 is 0 Å². The molecule has 1 aliphatic heterocycles. The van der Waals surface area contributed by atoms with Gasteiger partial charge in [-0.2, -0.15) is 0 Å². The van der Waals surface area contributed by atoms with Crippen LogP contribution in [-0.4, -0.2) is 37.8 Å². The predicted octanol–water partition coefficient (Wildman–Crippen LogP) is 3.52. The molecule has 2 aromatic carbocycles. The van der Waals surface area contributed by atoms with Gasteiger partial charge in [-0.3, -0.25) is 4.79 Å². The standard InChI is InChI=1S/C25H31N3O4S/c29-24(14-11-19-7-3-1-4-8-19)28-16-15-20-12-13-23(17-21(20)18-28)33(31,32)27-25(30)26-22-9-5-2-6-10-22/h1,3-4,7-8,12-13,17,22H,2,5-6,9-11,14-16,18H2,(H2,26,27,30). The van der Waals surface area contributed by atoms with E-state index in [1.165, 1.54) is 6.07 Å². The van der Waals surface area contributed by atoms with Crippen molar-refractivity contribution in [3.8, 4) is 0 Å². The van der Waals surface area contributed by atoms with E-state index in [9.17, 15) is 18.0 Å². The van der Waals surface area contributed by atoms with Gasteiger partial charge in [-0.15, -0.1) is 0 Å². The Labute approximate surface area is 195 Å². The quantitative estimate of drug-likeness (QED) is 0.677. The van der Waals surface area contributed by atoms with Gasteiger partial charge < -0.3 is 10.2 Å². The Hall–Kier alpha value is -2.87. The van der Waals surface area contributed by atoms with Crippen molar-refractivity contribution < 1.29 is 18.0 Å². The maximum atomic E-state index is 12.8. The third-order valence-electron chi connectivity index (χ3n) is 6.49. The van der Waals surface area contributed by atoms with Crippen LogP contribution in [-0.2, 0) is 34.2 Å². The van der Waals surface area contributed by atoms with Crippen molar-refractivity contribution in [3.63, 3.8) is 0 Å². The largest absolute Gasteiger partial charge is 0.338 e. The molecule has 7 nitrogen and oxygen atoms in total. The molecule has 1 saturated carbocycles. The van der Waals surface area contributed by atoms with E-state index in [2.05, 4.69) is 10.0 Å². The summed E-state index contributed by atoms with van der Waals surface area (Å²) < 4.78 is 27.7. The summed E-state index contributed by atoms with van der Waals surface area (Å²) in [5.74, 6) is 0.0581. The number of urea groups is 1. The van der Waals surface area contributed by atoms with Crippen molar-refractivity contribution in [1.29, 1.82) is 0 Å². The molecule has 2 aliphatic rings. The highest BCUT2D eigenvalue weighted by Gasteiger charge is 2.25. The minimum atomic E-state index is -3.99. The third kappa shape index (κ3) is 6.13. The number of carbonyl (C=O) groups excluding carboxylic acids is 2. The lowest BCUT2D eigenvalue weighted by Gasteiger charge is -2.29. The molecule has 176 valence electrons. The van der Waals surface area contributed by atoms with Crippen molar-refractivity contribution in [1.82, 2.24) is 14.9 Å². The van der Waals surface area contributed by atoms with Crippen LogP contribution in [0.4, 0.5) is 4.79 Å². The predicted molar refractivity (Wildman–Crippen MR) is 126 cm³/mol. The van der Waals surface area contributed by atoms with E-state index in [-0.39, 0.29) is 16.8 Å². The van der Waals surface area contributed by atoms with Crippen LogP contribution in [0, 0.1) is 0 Å². The van der Waals surface area contributed by atoms with Crippen molar-refractivity contribution in [2.45, 2.75) is 68.8 Å². The maximum Gasteiger partial charge on any atom is 0.328 e. The molecular formula is C25H31N3O4S. The van der Waals surface area contributed by atoms with Crippen molar-refractivity contribution in [2.75, 3.05) is 6.54 Å².